The summed E-state index contributed by atoms with van der Waals surface area (Å²) in [5, 5.41) is 0. The highest BCUT2D eigenvalue weighted by molar-refractivity contribution is 14.1. The van der Waals surface area contributed by atoms with Crippen molar-refractivity contribution in [3.63, 3.8) is 0 Å². The molecule has 78 valence electrons. The lowest BCUT2D eigenvalue weighted by Gasteiger charge is -2.27. The first kappa shape index (κ1) is 13.4. The Morgan fingerprint density at radius 1 is 1.38 bits per heavy atom. The van der Waals surface area contributed by atoms with E-state index in [9.17, 15) is 0 Å². The van der Waals surface area contributed by atoms with Crippen molar-refractivity contribution in [2.75, 3.05) is 0 Å². The smallest absolute Gasteiger partial charge is 0.0571 e. The van der Waals surface area contributed by atoms with Gasteiger partial charge >= 0.3 is 0 Å². The van der Waals surface area contributed by atoms with Gasteiger partial charge in [0.1, 0.15) is 0 Å². The molecule has 3 unspecified atom stereocenters. The molecule has 0 fully saturated rings. The number of allylic oxidation sites excluding steroid dienone is 1. The maximum absolute atomic E-state index is 5.77. The summed E-state index contributed by atoms with van der Waals surface area (Å²) in [4.78, 5) is 0. The van der Waals surface area contributed by atoms with E-state index in [2.05, 4.69) is 56.9 Å². The third-order valence-electron chi connectivity index (χ3n) is 3.06. The predicted octanol–water partition coefficient (Wildman–Crippen LogP) is 3.58. The Morgan fingerprint density at radius 2 is 1.85 bits per heavy atom. The first-order valence-corrected chi connectivity index (χ1v) is 6.15. The van der Waals surface area contributed by atoms with Crippen LogP contribution in [0.3, 0.4) is 0 Å². The molecule has 1 nitrogen and oxygen atoms in total. The molecule has 13 heavy (non-hydrogen) atoms. The number of hydrogen-bond acceptors (Lipinski definition) is 1. The normalized spacial score (nSPS) is 20.5. The fraction of sp³-hybridized carbons (Fsp3) is 0.818. The standard InChI is InChI=1S/C11H22IN/c1-7(2)9(4)10(5)8(3)6-11(12)13/h8-11H,1,6,13H2,2-5H3/t8?,9?,10?,11-/m0/s1. The number of halogens is 1. The molecule has 4 atom stereocenters. The zero-order valence-electron chi connectivity index (χ0n) is 9.18. The van der Waals surface area contributed by atoms with Crippen LogP contribution in [-0.4, -0.2) is 4.05 Å². The third kappa shape index (κ3) is 5.01. The summed E-state index contributed by atoms with van der Waals surface area (Å²) >= 11 is 2.29. The summed E-state index contributed by atoms with van der Waals surface area (Å²) in [5.41, 5.74) is 7.05. The quantitative estimate of drug-likeness (QED) is 0.357. The summed E-state index contributed by atoms with van der Waals surface area (Å²) in [6, 6.07) is 0. The predicted molar refractivity (Wildman–Crippen MR) is 68.9 cm³/mol. The minimum Gasteiger partial charge on any atom is -0.320 e. The molecule has 0 amide bonds. The first-order valence-electron chi connectivity index (χ1n) is 4.91. The van der Waals surface area contributed by atoms with Crippen LogP contribution in [0.5, 0.6) is 0 Å². The molecule has 0 spiro atoms. The summed E-state index contributed by atoms with van der Waals surface area (Å²) in [5.74, 6) is 1.96. The van der Waals surface area contributed by atoms with Crippen molar-refractivity contribution in [2.45, 2.75) is 38.2 Å². The lowest BCUT2D eigenvalue weighted by Crippen LogP contribution is -2.23. The van der Waals surface area contributed by atoms with Crippen LogP contribution >= 0.6 is 22.6 Å². The van der Waals surface area contributed by atoms with E-state index in [4.69, 9.17) is 5.73 Å². The molecule has 0 aromatic carbocycles. The minimum atomic E-state index is 0.285. The zero-order chi connectivity index (χ0) is 10.6. The Balaban J connectivity index is 4.08. The van der Waals surface area contributed by atoms with Gasteiger partial charge in [0.25, 0.3) is 0 Å². The molecule has 0 aliphatic rings. The van der Waals surface area contributed by atoms with Crippen LogP contribution in [0.1, 0.15) is 34.1 Å². The van der Waals surface area contributed by atoms with Crippen molar-refractivity contribution in [1.82, 2.24) is 0 Å². The van der Waals surface area contributed by atoms with E-state index in [0.29, 0.717) is 17.8 Å². The lowest BCUT2D eigenvalue weighted by molar-refractivity contribution is 0.295. The van der Waals surface area contributed by atoms with E-state index in [1.807, 2.05) is 0 Å². The fourth-order valence-electron chi connectivity index (χ4n) is 1.51. The van der Waals surface area contributed by atoms with E-state index in [1.165, 1.54) is 5.57 Å². The van der Waals surface area contributed by atoms with Crippen LogP contribution in [0, 0.1) is 17.8 Å². The van der Waals surface area contributed by atoms with Crippen molar-refractivity contribution < 1.29 is 0 Å². The Labute approximate surface area is 96.3 Å². The molecule has 0 saturated heterocycles. The van der Waals surface area contributed by atoms with E-state index >= 15 is 0 Å². The summed E-state index contributed by atoms with van der Waals surface area (Å²) in [7, 11) is 0. The van der Waals surface area contributed by atoms with Crippen LogP contribution in [0.2, 0.25) is 0 Å². The molecule has 0 aromatic heterocycles. The van der Waals surface area contributed by atoms with Gasteiger partial charge in [0.2, 0.25) is 0 Å². The topological polar surface area (TPSA) is 26.0 Å². The molecule has 0 aliphatic carbocycles. The molecule has 0 radical (unpaired) electrons. The molecular formula is C11H22IN. The summed E-state index contributed by atoms with van der Waals surface area (Å²) in [6.45, 7) is 12.9. The maximum atomic E-state index is 5.77. The molecule has 0 rings (SSSR count). The molecule has 0 heterocycles. The van der Waals surface area contributed by atoms with Crippen LogP contribution in [0.4, 0.5) is 0 Å². The van der Waals surface area contributed by atoms with Gasteiger partial charge in [0.05, 0.1) is 4.05 Å². The largest absolute Gasteiger partial charge is 0.320 e. The number of hydrogen-bond donors (Lipinski definition) is 1. The average molecular weight is 295 g/mol. The highest BCUT2D eigenvalue weighted by Gasteiger charge is 2.20. The highest BCUT2D eigenvalue weighted by Crippen LogP contribution is 2.28. The van der Waals surface area contributed by atoms with Gasteiger partial charge in [0, 0.05) is 0 Å². The van der Waals surface area contributed by atoms with Gasteiger partial charge in [-0.2, -0.15) is 0 Å². The van der Waals surface area contributed by atoms with Crippen LogP contribution in [-0.2, 0) is 0 Å². The SMILES string of the molecule is C=C(C)C(C)C(C)C(C)C[C@H](N)I. The number of rotatable bonds is 5. The summed E-state index contributed by atoms with van der Waals surface area (Å²) in [6.07, 6.45) is 1.10. The van der Waals surface area contributed by atoms with E-state index < -0.39 is 0 Å². The van der Waals surface area contributed by atoms with Gasteiger partial charge in [-0.05, 0) is 31.1 Å². The van der Waals surface area contributed by atoms with Crippen molar-refractivity contribution in [1.29, 1.82) is 0 Å². The Bertz CT molecular complexity index is 165. The van der Waals surface area contributed by atoms with E-state index in [1.54, 1.807) is 0 Å². The van der Waals surface area contributed by atoms with Gasteiger partial charge in [-0.3, -0.25) is 0 Å². The molecule has 2 N–H and O–H groups in total. The second-order valence-corrected chi connectivity index (χ2v) is 5.82. The van der Waals surface area contributed by atoms with Gasteiger partial charge in [-0.1, -0.05) is 55.5 Å². The van der Waals surface area contributed by atoms with Crippen LogP contribution in [0.25, 0.3) is 0 Å². The fourth-order valence-corrected chi connectivity index (χ4v) is 2.31. The van der Waals surface area contributed by atoms with Crippen LogP contribution < -0.4 is 5.73 Å². The molecule has 0 bridgehead atoms. The second-order valence-electron chi connectivity index (χ2n) is 4.22. The Morgan fingerprint density at radius 3 is 2.15 bits per heavy atom. The Hall–Kier alpha value is 0.430. The van der Waals surface area contributed by atoms with Crippen molar-refractivity contribution in [3.8, 4) is 0 Å². The van der Waals surface area contributed by atoms with Gasteiger partial charge < -0.3 is 5.73 Å². The molecule has 0 saturated carbocycles. The molecule has 0 aliphatic heterocycles. The zero-order valence-corrected chi connectivity index (χ0v) is 11.3. The van der Waals surface area contributed by atoms with Crippen LogP contribution in [0.15, 0.2) is 12.2 Å². The summed E-state index contributed by atoms with van der Waals surface area (Å²) < 4.78 is 0.285. The number of nitrogens with two attached hydrogens (primary N) is 1. The second kappa shape index (κ2) is 6.02. The number of alkyl halides is 1. The third-order valence-corrected chi connectivity index (χ3v) is 3.57. The highest BCUT2D eigenvalue weighted by atomic mass is 127. The first-order chi connectivity index (χ1) is 5.86. The van der Waals surface area contributed by atoms with Crippen molar-refractivity contribution >= 4 is 22.6 Å². The molecule has 0 aromatic rings. The van der Waals surface area contributed by atoms with Gasteiger partial charge in [0.15, 0.2) is 0 Å². The minimum absolute atomic E-state index is 0.285. The molecule has 2 heteroatoms. The van der Waals surface area contributed by atoms with E-state index in [0.717, 1.165) is 6.42 Å². The Kier molecular flexibility index (Phi) is 6.21. The molecular weight excluding hydrogens is 273 g/mol. The van der Waals surface area contributed by atoms with Gasteiger partial charge in [-0.15, -0.1) is 0 Å². The monoisotopic (exact) mass is 295 g/mol. The lowest BCUT2D eigenvalue weighted by atomic mass is 9.80. The van der Waals surface area contributed by atoms with Gasteiger partial charge in [-0.25, -0.2) is 0 Å². The maximum Gasteiger partial charge on any atom is 0.0571 e. The van der Waals surface area contributed by atoms with E-state index in [-0.39, 0.29) is 4.05 Å². The van der Waals surface area contributed by atoms with Crippen molar-refractivity contribution in [2.24, 2.45) is 23.5 Å². The van der Waals surface area contributed by atoms with Crippen molar-refractivity contribution in [3.05, 3.63) is 12.2 Å². The average Bonchev–Trinajstić information content (AvgIpc) is 2.00.